The van der Waals surface area contributed by atoms with Crippen molar-refractivity contribution < 1.29 is 4.79 Å². The third kappa shape index (κ3) is 4.90. The lowest BCUT2D eigenvalue weighted by Gasteiger charge is -2.34. The summed E-state index contributed by atoms with van der Waals surface area (Å²) in [5.41, 5.74) is 7.06. The predicted molar refractivity (Wildman–Crippen MR) is 93.1 cm³/mol. The molecule has 3 nitrogen and oxygen atoms in total. The minimum atomic E-state index is 0. The molecule has 1 aliphatic heterocycles. The van der Waals surface area contributed by atoms with E-state index in [2.05, 4.69) is 28.7 Å². The first-order chi connectivity index (χ1) is 9.06. The van der Waals surface area contributed by atoms with Gasteiger partial charge in [0.15, 0.2) is 0 Å². The van der Waals surface area contributed by atoms with Crippen molar-refractivity contribution >= 4 is 40.9 Å². The van der Waals surface area contributed by atoms with Crippen LogP contribution in [0.1, 0.15) is 25.3 Å². The van der Waals surface area contributed by atoms with E-state index in [1.165, 1.54) is 3.57 Å². The van der Waals surface area contributed by atoms with E-state index in [0.717, 1.165) is 31.5 Å². The van der Waals surface area contributed by atoms with Crippen molar-refractivity contribution in [3.63, 3.8) is 0 Å². The number of nitrogens with zero attached hydrogens (tertiary/aromatic N) is 1. The average Bonchev–Trinajstić information content (AvgIpc) is 2.39. The van der Waals surface area contributed by atoms with Gasteiger partial charge in [-0.2, -0.15) is 0 Å². The number of likely N-dealkylation sites (tertiary alicyclic amines) is 1. The van der Waals surface area contributed by atoms with Crippen LogP contribution in [0.4, 0.5) is 0 Å². The lowest BCUT2D eigenvalue weighted by Crippen LogP contribution is -2.45. The molecular weight excluding hydrogens is 387 g/mol. The lowest BCUT2D eigenvalue weighted by atomic mass is 9.92. The predicted octanol–water partition coefficient (Wildman–Crippen LogP) is 2.84. The van der Waals surface area contributed by atoms with Gasteiger partial charge in [-0.05, 0) is 66.0 Å². The van der Waals surface area contributed by atoms with Gasteiger partial charge in [-0.15, -0.1) is 12.4 Å². The molecule has 2 N–H and O–H groups in total. The molecule has 2 rings (SSSR count). The maximum Gasteiger partial charge on any atom is 0.227 e. The van der Waals surface area contributed by atoms with Crippen LogP contribution in [-0.2, 0) is 11.2 Å². The van der Waals surface area contributed by atoms with Gasteiger partial charge in [-0.25, -0.2) is 0 Å². The molecule has 112 valence electrons. The van der Waals surface area contributed by atoms with Gasteiger partial charge in [-0.3, -0.25) is 4.79 Å². The zero-order chi connectivity index (χ0) is 13.8. The number of amides is 1. The Morgan fingerprint density at radius 1 is 1.55 bits per heavy atom. The van der Waals surface area contributed by atoms with Gasteiger partial charge in [0, 0.05) is 22.7 Å². The molecule has 1 aliphatic rings. The first-order valence-corrected chi connectivity index (χ1v) is 7.92. The highest BCUT2D eigenvalue weighted by Crippen LogP contribution is 2.19. The number of carbonyl (C=O) groups excluding carboxylic acids is 1. The van der Waals surface area contributed by atoms with Gasteiger partial charge in [0.25, 0.3) is 0 Å². The third-order valence-electron chi connectivity index (χ3n) is 3.80. The molecule has 1 fully saturated rings. The van der Waals surface area contributed by atoms with Crippen LogP contribution < -0.4 is 5.73 Å². The fourth-order valence-electron chi connectivity index (χ4n) is 2.60. The molecule has 1 aromatic carbocycles. The van der Waals surface area contributed by atoms with E-state index in [1.54, 1.807) is 0 Å². The van der Waals surface area contributed by atoms with Gasteiger partial charge in [0.1, 0.15) is 0 Å². The molecule has 1 amide bonds. The Hall–Kier alpha value is -0.330. The number of hydrogen-bond acceptors (Lipinski definition) is 2. The monoisotopic (exact) mass is 408 g/mol. The summed E-state index contributed by atoms with van der Waals surface area (Å²) in [4.78, 5) is 14.3. The van der Waals surface area contributed by atoms with Crippen molar-refractivity contribution in [2.45, 2.75) is 32.2 Å². The van der Waals surface area contributed by atoms with Crippen molar-refractivity contribution in [1.29, 1.82) is 0 Å². The SMILES string of the molecule is CC(N)C1CCCN(C(=O)Cc2cccc(I)c2)C1.Cl. The molecule has 0 saturated carbocycles. The first kappa shape index (κ1) is 17.7. The second kappa shape index (κ2) is 8.20. The molecule has 2 unspecified atom stereocenters. The Balaban J connectivity index is 0.00000200. The topological polar surface area (TPSA) is 46.3 Å². The fourth-order valence-corrected chi connectivity index (χ4v) is 3.21. The molecule has 0 bridgehead atoms. The molecule has 20 heavy (non-hydrogen) atoms. The summed E-state index contributed by atoms with van der Waals surface area (Å²) in [6.45, 7) is 3.74. The smallest absolute Gasteiger partial charge is 0.227 e. The normalized spacial score (nSPS) is 20.1. The Kier molecular flexibility index (Phi) is 7.26. The number of hydrogen-bond donors (Lipinski definition) is 1. The third-order valence-corrected chi connectivity index (χ3v) is 4.47. The first-order valence-electron chi connectivity index (χ1n) is 6.84. The van der Waals surface area contributed by atoms with E-state index in [4.69, 9.17) is 5.73 Å². The second-order valence-corrected chi connectivity index (χ2v) is 6.65. The maximum absolute atomic E-state index is 12.3. The molecule has 5 heteroatoms. The second-order valence-electron chi connectivity index (χ2n) is 5.41. The van der Waals surface area contributed by atoms with E-state index in [0.29, 0.717) is 12.3 Å². The van der Waals surface area contributed by atoms with E-state index >= 15 is 0 Å². The number of benzene rings is 1. The van der Waals surface area contributed by atoms with E-state index in [9.17, 15) is 4.79 Å². The summed E-state index contributed by atoms with van der Waals surface area (Å²) in [6, 6.07) is 8.32. The minimum Gasteiger partial charge on any atom is -0.342 e. The van der Waals surface area contributed by atoms with Crippen LogP contribution in [0.2, 0.25) is 0 Å². The Morgan fingerprint density at radius 3 is 2.95 bits per heavy atom. The van der Waals surface area contributed by atoms with E-state index in [-0.39, 0.29) is 24.4 Å². The van der Waals surface area contributed by atoms with Crippen molar-refractivity contribution in [1.82, 2.24) is 4.90 Å². The van der Waals surface area contributed by atoms with Gasteiger partial charge in [-0.1, -0.05) is 12.1 Å². The summed E-state index contributed by atoms with van der Waals surface area (Å²) in [5.74, 6) is 0.681. The molecular formula is C15H22ClIN2O. The standard InChI is InChI=1S/C15H21IN2O.ClH/c1-11(17)13-5-3-7-18(10-13)15(19)9-12-4-2-6-14(16)8-12;/h2,4,6,8,11,13H,3,5,7,9-10,17H2,1H3;1H. The van der Waals surface area contributed by atoms with Gasteiger partial charge in [0.05, 0.1) is 6.42 Å². The number of rotatable bonds is 3. The van der Waals surface area contributed by atoms with Crippen LogP contribution in [0.15, 0.2) is 24.3 Å². The molecule has 0 aliphatic carbocycles. The average molecular weight is 409 g/mol. The zero-order valence-corrected chi connectivity index (χ0v) is 14.7. The quantitative estimate of drug-likeness (QED) is 0.782. The number of halogens is 2. The number of piperidine rings is 1. The van der Waals surface area contributed by atoms with E-state index < -0.39 is 0 Å². The molecule has 2 atom stereocenters. The summed E-state index contributed by atoms with van der Waals surface area (Å²) in [7, 11) is 0. The Labute approximate surface area is 140 Å². The van der Waals surface area contributed by atoms with E-state index in [1.807, 2.05) is 30.0 Å². The summed E-state index contributed by atoms with van der Waals surface area (Å²) in [5, 5.41) is 0. The minimum absolute atomic E-state index is 0. The molecule has 1 aromatic rings. The molecule has 1 saturated heterocycles. The molecule has 0 aromatic heterocycles. The Morgan fingerprint density at radius 2 is 2.30 bits per heavy atom. The summed E-state index contributed by atoms with van der Waals surface area (Å²) < 4.78 is 1.18. The molecule has 0 radical (unpaired) electrons. The Bertz CT molecular complexity index is 453. The molecule has 1 heterocycles. The van der Waals surface area contributed by atoms with Crippen LogP contribution >= 0.6 is 35.0 Å². The van der Waals surface area contributed by atoms with Crippen molar-refractivity contribution in [3.8, 4) is 0 Å². The fraction of sp³-hybridized carbons (Fsp3) is 0.533. The highest BCUT2D eigenvalue weighted by atomic mass is 127. The number of carbonyl (C=O) groups is 1. The summed E-state index contributed by atoms with van der Waals surface area (Å²) >= 11 is 2.28. The van der Waals surface area contributed by atoms with Gasteiger partial charge in [0.2, 0.25) is 5.91 Å². The number of nitrogens with two attached hydrogens (primary N) is 1. The van der Waals surface area contributed by atoms with Crippen LogP contribution in [0, 0.1) is 9.49 Å². The van der Waals surface area contributed by atoms with Crippen molar-refractivity contribution in [2.24, 2.45) is 11.7 Å². The van der Waals surface area contributed by atoms with Crippen molar-refractivity contribution in [3.05, 3.63) is 33.4 Å². The summed E-state index contributed by atoms with van der Waals surface area (Å²) in [6.07, 6.45) is 2.72. The maximum atomic E-state index is 12.3. The zero-order valence-electron chi connectivity index (χ0n) is 11.7. The van der Waals surface area contributed by atoms with Gasteiger partial charge < -0.3 is 10.6 Å². The van der Waals surface area contributed by atoms with Crippen LogP contribution in [0.3, 0.4) is 0 Å². The van der Waals surface area contributed by atoms with Gasteiger partial charge >= 0.3 is 0 Å². The highest BCUT2D eigenvalue weighted by Gasteiger charge is 2.25. The van der Waals surface area contributed by atoms with Crippen molar-refractivity contribution in [2.75, 3.05) is 13.1 Å². The largest absolute Gasteiger partial charge is 0.342 e. The van der Waals surface area contributed by atoms with Crippen LogP contribution in [0.25, 0.3) is 0 Å². The van der Waals surface area contributed by atoms with Crippen LogP contribution in [0.5, 0.6) is 0 Å². The lowest BCUT2D eigenvalue weighted by molar-refractivity contribution is -0.132. The highest BCUT2D eigenvalue weighted by molar-refractivity contribution is 14.1. The molecule has 0 spiro atoms. The van der Waals surface area contributed by atoms with Crippen LogP contribution in [-0.4, -0.2) is 29.9 Å².